The smallest absolute Gasteiger partial charge is 0.124 e. The number of rotatable bonds is 4. The Balaban J connectivity index is 1.99. The molecule has 18 heavy (non-hydrogen) atoms. The van der Waals surface area contributed by atoms with Crippen LogP contribution in [0.1, 0.15) is 24.1 Å². The van der Waals surface area contributed by atoms with Crippen molar-refractivity contribution in [1.82, 2.24) is 10.3 Å². The first kappa shape index (κ1) is 13.2. The number of halogens is 2. The molecule has 1 aromatic carbocycles. The van der Waals surface area contributed by atoms with Gasteiger partial charge in [-0.3, -0.25) is 4.98 Å². The Labute approximate surface area is 114 Å². The summed E-state index contributed by atoms with van der Waals surface area (Å²) in [5.74, 6) is -0.231. The monoisotopic (exact) mass is 308 g/mol. The van der Waals surface area contributed by atoms with Crippen molar-refractivity contribution >= 4 is 15.9 Å². The zero-order chi connectivity index (χ0) is 13.0. The van der Waals surface area contributed by atoms with Gasteiger partial charge in [-0.15, -0.1) is 0 Å². The fourth-order valence-electron chi connectivity index (χ4n) is 1.68. The number of aromatic nitrogens is 1. The molecule has 0 fully saturated rings. The topological polar surface area (TPSA) is 24.9 Å². The zero-order valence-electron chi connectivity index (χ0n) is 10.0. The first-order chi connectivity index (χ1) is 8.66. The van der Waals surface area contributed by atoms with Crippen LogP contribution in [0.4, 0.5) is 4.39 Å². The van der Waals surface area contributed by atoms with Crippen LogP contribution in [0.25, 0.3) is 0 Å². The van der Waals surface area contributed by atoms with E-state index in [1.165, 1.54) is 12.1 Å². The Morgan fingerprint density at radius 3 is 2.89 bits per heavy atom. The van der Waals surface area contributed by atoms with E-state index in [1.54, 1.807) is 12.3 Å². The summed E-state index contributed by atoms with van der Waals surface area (Å²) < 4.78 is 13.7. The van der Waals surface area contributed by atoms with Crippen molar-refractivity contribution in [2.75, 3.05) is 0 Å². The van der Waals surface area contributed by atoms with Crippen LogP contribution in [0.5, 0.6) is 0 Å². The first-order valence-corrected chi connectivity index (χ1v) is 6.53. The summed E-state index contributed by atoms with van der Waals surface area (Å²) in [6.07, 6.45) is 3.60. The Morgan fingerprint density at radius 2 is 2.22 bits per heavy atom. The number of benzene rings is 1. The van der Waals surface area contributed by atoms with Gasteiger partial charge in [-0.1, -0.05) is 28.1 Å². The van der Waals surface area contributed by atoms with Crippen molar-refractivity contribution in [1.29, 1.82) is 0 Å². The molecule has 94 valence electrons. The second kappa shape index (κ2) is 6.07. The average molecular weight is 309 g/mol. The highest BCUT2D eigenvalue weighted by Crippen LogP contribution is 2.19. The summed E-state index contributed by atoms with van der Waals surface area (Å²) in [4.78, 5) is 4.09. The molecular weight excluding hydrogens is 295 g/mol. The van der Waals surface area contributed by atoms with E-state index in [4.69, 9.17) is 0 Å². The Morgan fingerprint density at radius 1 is 1.39 bits per heavy atom. The molecule has 1 heterocycles. The van der Waals surface area contributed by atoms with E-state index in [1.807, 2.05) is 18.3 Å². The minimum absolute atomic E-state index is 0.204. The highest BCUT2D eigenvalue weighted by Gasteiger charge is 2.06. The minimum atomic E-state index is -0.231. The lowest BCUT2D eigenvalue weighted by molar-refractivity contribution is 0.570. The molecule has 0 radical (unpaired) electrons. The molecule has 2 aromatic rings. The quantitative estimate of drug-likeness (QED) is 0.928. The molecule has 0 aliphatic carbocycles. The van der Waals surface area contributed by atoms with E-state index in [9.17, 15) is 4.39 Å². The van der Waals surface area contributed by atoms with Gasteiger partial charge in [0.2, 0.25) is 0 Å². The predicted molar refractivity (Wildman–Crippen MR) is 73.6 cm³/mol. The summed E-state index contributed by atoms with van der Waals surface area (Å²) in [5.41, 5.74) is 2.17. The first-order valence-electron chi connectivity index (χ1n) is 5.74. The Kier molecular flexibility index (Phi) is 4.44. The van der Waals surface area contributed by atoms with E-state index >= 15 is 0 Å². The standard InChI is InChI=1S/C14H14BrFN2/c1-10(11-3-2-6-17-8-11)18-9-12-4-5-13(16)7-14(12)15/h2-8,10,18H,9H2,1H3/t10-/m1/s1. The Bertz CT molecular complexity index is 516. The average Bonchev–Trinajstić information content (AvgIpc) is 2.38. The number of hydrogen-bond donors (Lipinski definition) is 1. The normalized spacial score (nSPS) is 12.4. The molecule has 1 N–H and O–H groups in total. The maximum absolute atomic E-state index is 13.0. The van der Waals surface area contributed by atoms with Gasteiger partial charge in [0.15, 0.2) is 0 Å². The van der Waals surface area contributed by atoms with Crippen molar-refractivity contribution in [2.45, 2.75) is 19.5 Å². The van der Waals surface area contributed by atoms with Crippen molar-refractivity contribution < 1.29 is 4.39 Å². The summed E-state index contributed by atoms with van der Waals surface area (Å²) in [6, 6.07) is 8.88. The van der Waals surface area contributed by atoms with Crippen LogP contribution in [0.2, 0.25) is 0 Å². The maximum Gasteiger partial charge on any atom is 0.124 e. The van der Waals surface area contributed by atoms with E-state index < -0.39 is 0 Å². The lowest BCUT2D eigenvalue weighted by Gasteiger charge is -2.14. The lowest BCUT2D eigenvalue weighted by Crippen LogP contribution is -2.18. The zero-order valence-corrected chi connectivity index (χ0v) is 11.6. The molecule has 4 heteroatoms. The van der Waals surface area contributed by atoms with Gasteiger partial charge >= 0.3 is 0 Å². The third kappa shape index (κ3) is 3.37. The van der Waals surface area contributed by atoms with Crippen molar-refractivity contribution in [3.05, 3.63) is 64.1 Å². The molecule has 0 amide bonds. The van der Waals surface area contributed by atoms with Gasteiger partial charge in [-0.05, 0) is 36.2 Å². The van der Waals surface area contributed by atoms with Crippen LogP contribution in [0, 0.1) is 5.82 Å². The number of nitrogens with one attached hydrogen (secondary N) is 1. The molecule has 2 nitrogen and oxygen atoms in total. The Hall–Kier alpha value is -1.26. The summed E-state index contributed by atoms with van der Waals surface area (Å²) in [6.45, 7) is 2.76. The molecular formula is C14H14BrFN2. The highest BCUT2D eigenvalue weighted by molar-refractivity contribution is 9.10. The van der Waals surface area contributed by atoms with Gasteiger partial charge in [0, 0.05) is 29.5 Å². The van der Waals surface area contributed by atoms with Gasteiger partial charge in [0.25, 0.3) is 0 Å². The molecule has 0 aliphatic heterocycles. The number of hydrogen-bond acceptors (Lipinski definition) is 2. The van der Waals surface area contributed by atoms with Crippen LogP contribution >= 0.6 is 15.9 Å². The van der Waals surface area contributed by atoms with Crippen LogP contribution < -0.4 is 5.32 Å². The van der Waals surface area contributed by atoms with Gasteiger partial charge in [-0.25, -0.2) is 4.39 Å². The van der Waals surface area contributed by atoms with E-state index in [-0.39, 0.29) is 11.9 Å². The van der Waals surface area contributed by atoms with Gasteiger partial charge < -0.3 is 5.32 Å². The molecule has 0 aliphatic rings. The maximum atomic E-state index is 13.0. The predicted octanol–water partition coefficient (Wildman–Crippen LogP) is 3.83. The van der Waals surface area contributed by atoms with Crippen LogP contribution in [0.15, 0.2) is 47.2 Å². The molecule has 2 rings (SSSR count). The van der Waals surface area contributed by atoms with Crippen LogP contribution in [0.3, 0.4) is 0 Å². The highest BCUT2D eigenvalue weighted by atomic mass is 79.9. The SMILES string of the molecule is C[C@@H](NCc1ccc(F)cc1Br)c1cccnc1. The molecule has 0 spiro atoms. The molecule has 0 unspecified atom stereocenters. The molecule has 0 saturated heterocycles. The third-order valence-electron chi connectivity index (χ3n) is 2.80. The molecule has 1 aromatic heterocycles. The molecule has 1 atom stereocenters. The van der Waals surface area contributed by atoms with Crippen molar-refractivity contribution in [3.63, 3.8) is 0 Å². The van der Waals surface area contributed by atoms with E-state index in [0.717, 1.165) is 15.6 Å². The fraction of sp³-hybridized carbons (Fsp3) is 0.214. The van der Waals surface area contributed by atoms with Crippen molar-refractivity contribution in [2.24, 2.45) is 0 Å². The molecule has 0 bridgehead atoms. The number of pyridine rings is 1. The van der Waals surface area contributed by atoms with Gasteiger partial charge in [-0.2, -0.15) is 0 Å². The second-order valence-corrected chi connectivity index (χ2v) is 4.98. The third-order valence-corrected chi connectivity index (χ3v) is 3.54. The summed E-state index contributed by atoms with van der Waals surface area (Å²) in [7, 11) is 0. The summed E-state index contributed by atoms with van der Waals surface area (Å²) >= 11 is 3.36. The largest absolute Gasteiger partial charge is 0.306 e. The van der Waals surface area contributed by atoms with E-state index in [0.29, 0.717) is 6.54 Å². The summed E-state index contributed by atoms with van der Waals surface area (Å²) in [5, 5.41) is 3.38. The van der Waals surface area contributed by atoms with Crippen LogP contribution in [-0.4, -0.2) is 4.98 Å². The van der Waals surface area contributed by atoms with Crippen LogP contribution in [-0.2, 0) is 6.54 Å². The van der Waals surface area contributed by atoms with E-state index in [2.05, 4.69) is 33.2 Å². The van der Waals surface area contributed by atoms with Crippen molar-refractivity contribution in [3.8, 4) is 0 Å². The number of nitrogens with zero attached hydrogens (tertiary/aromatic N) is 1. The van der Waals surface area contributed by atoms with Gasteiger partial charge in [0.1, 0.15) is 5.82 Å². The fourth-order valence-corrected chi connectivity index (χ4v) is 2.17. The molecule has 0 saturated carbocycles. The lowest BCUT2D eigenvalue weighted by atomic mass is 10.1. The minimum Gasteiger partial charge on any atom is -0.306 e. The second-order valence-electron chi connectivity index (χ2n) is 4.12. The van der Waals surface area contributed by atoms with Gasteiger partial charge in [0.05, 0.1) is 0 Å².